The Kier molecular flexibility index (Phi) is 3.42. The van der Waals surface area contributed by atoms with Crippen molar-refractivity contribution in [3.8, 4) is 11.4 Å². The van der Waals surface area contributed by atoms with Crippen LogP contribution in [0.1, 0.15) is 44.2 Å². The molecule has 1 saturated carbocycles. The maximum absolute atomic E-state index is 5.88. The summed E-state index contributed by atoms with van der Waals surface area (Å²) in [6, 6.07) is 6.31. The summed E-state index contributed by atoms with van der Waals surface area (Å²) in [5, 5.41) is 12.3. The van der Waals surface area contributed by atoms with Crippen molar-refractivity contribution in [1.82, 2.24) is 20.2 Å². The fourth-order valence-electron chi connectivity index (χ4n) is 3.11. The molecular formula is C15H21N5. The van der Waals surface area contributed by atoms with Crippen molar-refractivity contribution in [2.45, 2.75) is 45.6 Å². The van der Waals surface area contributed by atoms with Gasteiger partial charge in [0.15, 0.2) is 5.82 Å². The van der Waals surface area contributed by atoms with Gasteiger partial charge in [0, 0.05) is 11.3 Å². The highest BCUT2D eigenvalue weighted by Gasteiger charge is 2.26. The molecule has 20 heavy (non-hydrogen) atoms. The third-order valence-electron chi connectivity index (χ3n) is 4.49. The molecule has 0 bridgehead atoms. The van der Waals surface area contributed by atoms with Gasteiger partial charge in [0.1, 0.15) is 0 Å². The first kappa shape index (κ1) is 13.1. The van der Waals surface area contributed by atoms with Crippen LogP contribution in [0.2, 0.25) is 0 Å². The average molecular weight is 271 g/mol. The zero-order valence-electron chi connectivity index (χ0n) is 12.1. The van der Waals surface area contributed by atoms with Gasteiger partial charge in [0.05, 0.1) is 6.04 Å². The largest absolute Gasteiger partial charge is 0.399 e. The van der Waals surface area contributed by atoms with E-state index in [0.29, 0.717) is 12.0 Å². The predicted molar refractivity (Wildman–Crippen MR) is 79.1 cm³/mol. The summed E-state index contributed by atoms with van der Waals surface area (Å²) in [5.41, 5.74) is 8.78. The molecule has 0 amide bonds. The van der Waals surface area contributed by atoms with E-state index in [1.165, 1.54) is 25.7 Å². The summed E-state index contributed by atoms with van der Waals surface area (Å²) in [5.74, 6) is 1.53. The molecule has 1 aromatic heterocycles. The molecule has 1 heterocycles. The second kappa shape index (κ2) is 5.23. The van der Waals surface area contributed by atoms with E-state index in [1.807, 2.05) is 23.7 Å². The van der Waals surface area contributed by atoms with Gasteiger partial charge in [-0.15, -0.1) is 5.10 Å². The predicted octanol–water partition coefficient (Wildman–Crippen LogP) is 2.98. The number of aryl methyl sites for hydroxylation is 1. The van der Waals surface area contributed by atoms with Crippen LogP contribution in [0.15, 0.2) is 18.2 Å². The molecule has 1 fully saturated rings. The summed E-state index contributed by atoms with van der Waals surface area (Å²) in [6.07, 6.45) is 5.21. The smallest absolute Gasteiger partial charge is 0.182 e. The third kappa shape index (κ3) is 2.28. The van der Waals surface area contributed by atoms with Gasteiger partial charge in [-0.1, -0.05) is 12.8 Å². The molecule has 1 aromatic carbocycles. The summed E-state index contributed by atoms with van der Waals surface area (Å²) in [7, 11) is 0. The molecule has 0 saturated heterocycles. The van der Waals surface area contributed by atoms with Crippen molar-refractivity contribution in [3.05, 3.63) is 23.8 Å². The Morgan fingerprint density at radius 1 is 1.30 bits per heavy atom. The van der Waals surface area contributed by atoms with E-state index in [1.54, 1.807) is 0 Å². The number of hydrogen-bond donors (Lipinski definition) is 1. The van der Waals surface area contributed by atoms with E-state index in [-0.39, 0.29) is 0 Å². The maximum atomic E-state index is 5.88. The van der Waals surface area contributed by atoms with E-state index < -0.39 is 0 Å². The summed E-state index contributed by atoms with van der Waals surface area (Å²) in [6.45, 7) is 4.23. The molecule has 5 heteroatoms. The molecule has 1 aliphatic carbocycles. The first-order valence-corrected chi connectivity index (χ1v) is 7.31. The second-order valence-electron chi connectivity index (χ2n) is 5.80. The number of rotatable bonds is 3. The molecular weight excluding hydrogens is 250 g/mol. The van der Waals surface area contributed by atoms with Gasteiger partial charge in [-0.2, -0.15) is 0 Å². The van der Waals surface area contributed by atoms with Crippen LogP contribution >= 0.6 is 0 Å². The molecule has 5 nitrogen and oxygen atoms in total. The number of aromatic nitrogens is 4. The fraction of sp³-hybridized carbons (Fsp3) is 0.533. The van der Waals surface area contributed by atoms with Gasteiger partial charge in [0.2, 0.25) is 0 Å². The number of hydrogen-bond acceptors (Lipinski definition) is 4. The zero-order valence-corrected chi connectivity index (χ0v) is 12.1. The molecule has 2 aromatic rings. The van der Waals surface area contributed by atoms with E-state index in [9.17, 15) is 0 Å². The molecule has 2 N–H and O–H groups in total. The minimum absolute atomic E-state index is 0.348. The monoisotopic (exact) mass is 271 g/mol. The van der Waals surface area contributed by atoms with Crippen molar-refractivity contribution < 1.29 is 0 Å². The van der Waals surface area contributed by atoms with E-state index in [0.717, 1.165) is 22.6 Å². The molecule has 1 atom stereocenters. The lowest BCUT2D eigenvalue weighted by molar-refractivity contribution is 0.332. The van der Waals surface area contributed by atoms with Crippen LogP contribution in [-0.2, 0) is 0 Å². The Morgan fingerprint density at radius 3 is 2.75 bits per heavy atom. The van der Waals surface area contributed by atoms with Crippen molar-refractivity contribution in [2.75, 3.05) is 5.73 Å². The van der Waals surface area contributed by atoms with Gasteiger partial charge < -0.3 is 5.73 Å². The quantitative estimate of drug-likeness (QED) is 0.871. The lowest BCUT2D eigenvalue weighted by Gasteiger charge is -2.20. The highest BCUT2D eigenvalue weighted by Crippen LogP contribution is 2.35. The van der Waals surface area contributed by atoms with Crippen LogP contribution in [0.5, 0.6) is 0 Å². The van der Waals surface area contributed by atoms with Crippen molar-refractivity contribution >= 4 is 5.69 Å². The van der Waals surface area contributed by atoms with Gasteiger partial charge >= 0.3 is 0 Å². The Bertz CT molecular complexity index is 598. The Morgan fingerprint density at radius 2 is 2.05 bits per heavy atom. The molecule has 0 spiro atoms. The maximum Gasteiger partial charge on any atom is 0.182 e. The highest BCUT2D eigenvalue weighted by atomic mass is 15.5. The molecule has 0 aliphatic heterocycles. The van der Waals surface area contributed by atoms with Gasteiger partial charge in [-0.05, 0) is 66.8 Å². The van der Waals surface area contributed by atoms with Crippen LogP contribution in [-0.4, -0.2) is 20.2 Å². The number of benzene rings is 1. The molecule has 0 radical (unpaired) electrons. The van der Waals surface area contributed by atoms with Crippen LogP contribution in [0, 0.1) is 12.8 Å². The second-order valence-corrected chi connectivity index (χ2v) is 5.80. The summed E-state index contributed by atoms with van der Waals surface area (Å²) < 4.78 is 1.97. The molecule has 106 valence electrons. The number of tetrazole rings is 1. The fourth-order valence-corrected chi connectivity index (χ4v) is 3.11. The third-order valence-corrected chi connectivity index (χ3v) is 4.49. The van der Waals surface area contributed by atoms with Crippen LogP contribution < -0.4 is 5.73 Å². The first-order valence-electron chi connectivity index (χ1n) is 7.31. The Hall–Kier alpha value is -1.91. The molecule has 1 aliphatic rings. The normalized spacial score (nSPS) is 17.5. The van der Waals surface area contributed by atoms with E-state index in [4.69, 9.17) is 5.73 Å². The van der Waals surface area contributed by atoms with E-state index >= 15 is 0 Å². The van der Waals surface area contributed by atoms with Crippen LogP contribution in [0.25, 0.3) is 11.4 Å². The van der Waals surface area contributed by atoms with Crippen LogP contribution in [0.3, 0.4) is 0 Å². The lowest BCUT2D eigenvalue weighted by Crippen LogP contribution is -2.16. The topological polar surface area (TPSA) is 69.6 Å². The minimum atomic E-state index is 0.348. The van der Waals surface area contributed by atoms with Gasteiger partial charge in [-0.3, -0.25) is 0 Å². The number of anilines is 1. The standard InChI is InChI=1S/C15H21N5/c1-10-9-13(7-8-14(10)16)15-17-18-19-20(15)11(2)12-5-3-4-6-12/h7-9,11-12H,3-6,16H2,1-2H3. The lowest BCUT2D eigenvalue weighted by atomic mass is 9.99. The minimum Gasteiger partial charge on any atom is -0.399 e. The summed E-state index contributed by atoms with van der Waals surface area (Å²) >= 11 is 0. The van der Waals surface area contributed by atoms with Crippen LogP contribution in [0.4, 0.5) is 5.69 Å². The summed E-state index contributed by atoms with van der Waals surface area (Å²) in [4.78, 5) is 0. The van der Waals surface area contributed by atoms with Gasteiger partial charge in [0.25, 0.3) is 0 Å². The van der Waals surface area contributed by atoms with Crippen molar-refractivity contribution in [1.29, 1.82) is 0 Å². The first-order chi connectivity index (χ1) is 9.66. The Balaban J connectivity index is 1.94. The number of nitrogens with two attached hydrogens (primary N) is 1. The van der Waals surface area contributed by atoms with Crippen molar-refractivity contribution in [3.63, 3.8) is 0 Å². The zero-order chi connectivity index (χ0) is 14.1. The SMILES string of the molecule is Cc1cc(-c2nnnn2C(C)C2CCCC2)ccc1N. The molecule has 1 unspecified atom stereocenters. The van der Waals surface area contributed by atoms with Crippen molar-refractivity contribution in [2.24, 2.45) is 5.92 Å². The highest BCUT2D eigenvalue weighted by molar-refractivity contribution is 5.61. The number of nitrogen functional groups attached to an aromatic ring is 1. The van der Waals surface area contributed by atoms with Gasteiger partial charge in [-0.25, -0.2) is 4.68 Å². The average Bonchev–Trinajstić information content (AvgIpc) is 3.11. The molecule has 3 rings (SSSR count). The number of nitrogens with zero attached hydrogens (tertiary/aromatic N) is 4. The Labute approximate surface area is 119 Å². The van der Waals surface area contributed by atoms with E-state index in [2.05, 4.69) is 28.5 Å².